The molecule has 2 N–H and O–H groups in total. The molecular weight excluding hydrogens is 458 g/mol. The first-order valence-corrected chi connectivity index (χ1v) is 13.0. The summed E-state index contributed by atoms with van der Waals surface area (Å²) in [6.45, 7) is 6.57. The van der Waals surface area contributed by atoms with E-state index in [1.807, 2.05) is 13.8 Å². The van der Waals surface area contributed by atoms with Crippen LogP contribution in [0.3, 0.4) is 0 Å². The normalized spacial score (nSPS) is 39.9. The van der Waals surface area contributed by atoms with Gasteiger partial charge in [0.2, 0.25) is 18.0 Å². The highest BCUT2D eigenvalue weighted by Crippen LogP contribution is 2.60. The fraction of sp³-hybridized carbons (Fsp3) is 0.880. The van der Waals surface area contributed by atoms with Crippen LogP contribution in [-0.2, 0) is 38.4 Å². The van der Waals surface area contributed by atoms with Crippen molar-refractivity contribution in [2.45, 2.75) is 109 Å². The third kappa shape index (κ3) is 5.50. The molecule has 0 aromatic rings. The van der Waals surface area contributed by atoms with Crippen LogP contribution in [0.5, 0.6) is 0 Å². The standard InChI is InChI=1S/C25H39NO9/c1-15-8-9-18-16(2)22(32-23-25(18)17(15)12-13-24(3,33-23)34-35-25)31-21(30)11-10-19(27)26-14-6-4-5-7-20(28)29/h15-18,22-23H,4-14H2,1-3H3,(H,26,27)(H,28,29)/t15-,16-,17+,18+,22-,23-,24+,25-/m1/s1. The lowest BCUT2D eigenvalue weighted by Crippen LogP contribution is -2.70. The molecule has 10 heteroatoms. The highest BCUT2D eigenvalue weighted by atomic mass is 17.3. The lowest BCUT2D eigenvalue weighted by molar-refractivity contribution is -0.576. The largest absolute Gasteiger partial charge is 0.481 e. The second-order valence-electron chi connectivity index (χ2n) is 10.8. The predicted molar refractivity (Wildman–Crippen MR) is 121 cm³/mol. The van der Waals surface area contributed by atoms with Crippen molar-refractivity contribution in [3.05, 3.63) is 0 Å². The van der Waals surface area contributed by atoms with Gasteiger partial charge in [-0.25, -0.2) is 9.78 Å². The highest BCUT2D eigenvalue weighted by molar-refractivity contribution is 5.81. The Morgan fingerprint density at radius 1 is 1.00 bits per heavy atom. The molecule has 0 radical (unpaired) electrons. The van der Waals surface area contributed by atoms with E-state index < -0.39 is 35.9 Å². The van der Waals surface area contributed by atoms with Crippen molar-refractivity contribution >= 4 is 17.8 Å². The second-order valence-corrected chi connectivity index (χ2v) is 10.8. The lowest BCUT2D eigenvalue weighted by atomic mass is 9.58. The first-order chi connectivity index (χ1) is 16.6. The Hall–Kier alpha value is -1.75. The number of carboxylic acid groups (broad SMARTS) is 1. The Kier molecular flexibility index (Phi) is 8.05. The van der Waals surface area contributed by atoms with Crippen LogP contribution in [0.2, 0.25) is 0 Å². The number of rotatable bonds is 10. The average molecular weight is 498 g/mol. The predicted octanol–water partition coefficient (Wildman–Crippen LogP) is 3.28. The molecule has 5 fully saturated rings. The minimum Gasteiger partial charge on any atom is -0.481 e. The Morgan fingerprint density at radius 2 is 1.80 bits per heavy atom. The molecule has 1 spiro atoms. The maximum Gasteiger partial charge on any atom is 0.308 e. The quantitative estimate of drug-likeness (QED) is 0.265. The summed E-state index contributed by atoms with van der Waals surface area (Å²) in [5, 5.41) is 11.4. The molecule has 35 heavy (non-hydrogen) atoms. The lowest BCUT2D eigenvalue weighted by Gasteiger charge is -2.59. The molecule has 1 saturated carbocycles. The average Bonchev–Trinajstić information content (AvgIpc) is 3.04. The van der Waals surface area contributed by atoms with Gasteiger partial charge >= 0.3 is 11.9 Å². The number of unbranched alkanes of at least 4 members (excludes halogenated alkanes) is 2. The van der Waals surface area contributed by atoms with Crippen LogP contribution < -0.4 is 5.32 Å². The van der Waals surface area contributed by atoms with Gasteiger partial charge in [0, 0.05) is 37.6 Å². The summed E-state index contributed by atoms with van der Waals surface area (Å²) >= 11 is 0. The number of fused-ring (bicyclic) bond motifs is 2. The van der Waals surface area contributed by atoms with E-state index >= 15 is 0 Å². The van der Waals surface area contributed by atoms with Crippen molar-refractivity contribution in [1.29, 1.82) is 0 Å². The zero-order chi connectivity index (χ0) is 25.2. The van der Waals surface area contributed by atoms with E-state index in [2.05, 4.69) is 12.2 Å². The maximum atomic E-state index is 12.6. The van der Waals surface area contributed by atoms with E-state index in [-0.39, 0.29) is 42.9 Å². The third-order valence-electron chi connectivity index (χ3n) is 8.29. The monoisotopic (exact) mass is 497 g/mol. The van der Waals surface area contributed by atoms with Crippen molar-refractivity contribution in [3.63, 3.8) is 0 Å². The van der Waals surface area contributed by atoms with Gasteiger partial charge in [0.25, 0.3) is 0 Å². The van der Waals surface area contributed by atoms with E-state index in [9.17, 15) is 14.4 Å². The van der Waals surface area contributed by atoms with E-state index in [1.54, 1.807) is 0 Å². The molecule has 1 amide bonds. The number of hydrogen-bond donors (Lipinski definition) is 2. The van der Waals surface area contributed by atoms with Gasteiger partial charge < -0.3 is 24.6 Å². The van der Waals surface area contributed by atoms with Crippen LogP contribution in [0.25, 0.3) is 0 Å². The van der Waals surface area contributed by atoms with Crippen molar-refractivity contribution in [2.24, 2.45) is 23.7 Å². The number of esters is 1. The molecule has 0 aromatic carbocycles. The highest BCUT2D eigenvalue weighted by Gasteiger charge is 2.69. The molecule has 4 saturated heterocycles. The summed E-state index contributed by atoms with van der Waals surface area (Å²) < 4.78 is 18.2. The number of ether oxygens (including phenoxy) is 3. The summed E-state index contributed by atoms with van der Waals surface area (Å²) in [6.07, 6.45) is 4.28. The van der Waals surface area contributed by atoms with Crippen LogP contribution in [0.4, 0.5) is 0 Å². The minimum absolute atomic E-state index is 0.0248. The fourth-order valence-corrected chi connectivity index (χ4v) is 6.30. The van der Waals surface area contributed by atoms with Gasteiger partial charge in [-0.2, -0.15) is 0 Å². The molecule has 5 rings (SSSR count). The molecule has 4 heterocycles. The van der Waals surface area contributed by atoms with Gasteiger partial charge in [0.05, 0.1) is 6.42 Å². The van der Waals surface area contributed by atoms with Crippen molar-refractivity contribution in [1.82, 2.24) is 5.32 Å². The number of carbonyl (C=O) groups excluding carboxylic acids is 2. The molecular formula is C25H39NO9. The van der Waals surface area contributed by atoms with Crippen molar-refractivity contribution < 1.29 is 43.5 Å². The van der Waals surface area contributed by atoms with Crippen molar-refractivity contribution in [3.8, 4) is 0 Å². The number of aliphatic carboxylic acids is 1. The number of nitrogens with one attached hydrogen (secondary N) is 1. The van der Waals surface area contributed by atoms with Crippen molar-refractivity contribution in [2.75, 3.05) is 6.54 Å². The van der Waals surface area contributed by atoms with Crippen LogP contribution in [0.1, 0.15) is 85.0 Å². The Bertz CT molecular complexity index is 806. The first kappa shape index (κ1) is 26.3. The van der Waals surface area contributed by atoms with Gasteiger partial charge in [0.15, 0.2) is 11.9 Å². The zero-order valence-electron chi connectivity index (χ0n) is 21.0. The van der Waals surface area contributed by atoms with Gasteiger partial charge in [-0.15, -0.1) is 0 Å². The van der Waals surface area contributed by atoms with E-state index in [1.165, 1.54) is 0 Å². The number of carboxylic acids is 1. The molecule has 8 atom stereocenters. The SMILES string of the molecule is C[C@H]1[C@H](OC(=O)CCC(=O)NCCCCCC(=O)O)O[C@@H]2O[C@]3(C)CC[C@H]4[C@H](C)CC[C@@H]1[C@@]24OO3. The van der Waals surface area contributed by atoms with Crippen LogP contribution in [0, 0.1) is 23.7 Å². The zero-order valence-corrected chi connectivity index (χ0v) is 21.0. The second kappa shape index (κ2) is 10.7. The summed E-state index contributed by atoms with van der Waals surface area (Å²) in [7, 11) is 0. The first-order valence-electron chi connectivity index (χ1n) is 13.0. The van der Waals surface area contributed by atoms with E-state index in [0.717, 1.165) is 25.7 Å². The van der Waals surface area contributed by atoms with Gasteiger partial charge in [-0.1, -0.05) is 20.3 Å². The van der Waals surface area contributed by atoms with E-state index in [0.29, 0.717) is 31.7 Å². The third-order valence-corrected chi connectivity index (χ3v) is 8.29. The van der Waals surface area contributed by atoms with Gasteiger partial charge in [-0.3, -0.25) is 14.4 Å². The summed E-state index contributed by atoms with van der Waals surface area (Å²) in [5.41, 5.74) is -0.708. The molecule has 0 unspecified atom stereocenters. The van der Waals surface area contributed by atoms with E-state index in [4.69, 9.17) is 29.1 Å². The maximum absolute atomic E-state index is 12.6. The summed E-state index contributed by atoms with van der Waals surface area (Å²) in [6, 6.07) is 0. The Morgan fingerprint density at radius 3 is 2.57 bits per heavy atom. The summed E-state index contributed by atoms with van der Waals surface area (Å²) in [5.74, 6) is -1.79. The molecule has 198 valence electrons. The molecule has 4 aliphatic heterocycles. The smallest absolute Gasteiger partial charge is 0.308 e. The van der Waals surface area contributed by atoms with Gasteiger partial charge in [0.1, 0.15) is 0 Å². The number of amides is 1. The number of hydrogen-bond acceptors (Lipinski definition) is 8. The van der Waals surface area contributed by atoms with Gasteiger partial charge in [-0.05, 0) is 50.9 Å². The number of carbonyl (C=O) groups is 3. The fourth-order valence-electron chi connectivity index (χ4n) is 6.30. The molecule has 1 aliphatic carbocycles. The Balaban J connectivity index is 1.28. The molecule has 5 aliphatic rings. The Labute approximate surface area is 206 Å². The van der Waals surface area contributed by atoms with Crippen LogP contribution >= 0.6 is 0 Å². The molecule has 10 nitrogen and oxygen atoms in total. The van der Waals surface area contributed by atoms with Crippen LogP contribution in [0.15, 0.2) is 0 Å². The summed E-state index contributed by atoms with van der Waals surface area (Å²) in [4.78, 5) is 47.0. The molecule has 0 aromatic heterocycles. The minimum atomic E-state index is -0.890. The molecule has 2 bridgehead atoms. The topological polar surface area (TPSA) is 130 Å². The van der Waals surface area contributed by atoms with Crippen LogP contribution in [-0.4, -0.2) is 53.5 Å².